The molecule has 1 atom stereocenters. The zero-order chi connectivity index (χ0) is 18.9. The third-order valence-electron chi connectivity index (χ3n) is 3.78. The Balaban J connectivity index is 2.10. The number of ether oxygens (including phenoxy) is 1. The van der Waals surface area contributed by atoms with E-state index in [9.17, 15) is 14.0 Å². The first-order chi connectivity index (χ1) is 11.5. The van der Waals surface area contributed by atoms with Crippen molar-refractivity contribution in [2.24, 2.45) is 0 Å². The fourth-order valence-electron chi connectivity index (χ4n) is 2.59. The van der Waals surface area contributed by atoms with Crippen LogP contribution in [-0.2, 0) is 4.74 Å². The molecule has 1 aliphatic rings. The van der Waals surface area contributed by atoms with Gasteiger partial charge < -0.3 is 14.5 Å². The van der Waals surface area contributed by atoms with E-state index in [2.05, 4.69) is 0 Å². The highest BCUT2D eigenvalue weighted by Gasteiger charge is 2.33. The molecule has 25 heavy (non-hydrogen) atoms. The van der Waals surface area contributed by atoms with Gasteiger partial charge in [0.15, 0.2) is 0 Å². The van der Waals surface area contributed by atoms with Crippen LogP contribution in [0.25, 0.3) is 0 Å². The summed E-state index contributed by atoms with van der Waals surface area (Å²) in [5.41, 5.74) is -0.295. The summed E-state index contributed by atoms with van der Waals surface area (Å²) in [4.78, 5) is 28.2. The van der Waals surface area contributed by atoms with Crippen molar-refractivity contribution in [1.29, 1.82) is 0 Å². The number of carbonyl (C=O) groups is 2. The van der Waals surface area contributed by atoms with Gasteiger partial charge in [0, 0.05) is 29.2 Å². The Bertz CT molecular complexity index is 693. The maximum atomic E-state index is 13.5. The molecule has 1 heterocycles. The molecule has 2 amide bonds. The van der Waals surface area contributed by atoms with Gasteiger partial charge in [-0.3, -0.25) is 4.79 Å². The number of benzene rings is 1. The fraction of sp³-hybridized carbons (Fsp3) is 0.529. The third kappa shape index (κ3) is 4.97. The van der Waals surface area contributed by atoms with Gasteiger partial charge in [-0.2, -0.15) is 0 Å². The molecular weight excluding hydrogens is 462 g/mol. The van der Waals surface area contributed by atoms with Crippen LogP contribution >= 0.6 is 34.2 Å². The van der Waals surface area contributed by atoms with Gasteiger partial charge in [-0.05, 0) is 62.4 Å². The van der Waals surface area contributed by atoms with Crippen LogP contribution in [-0.4, -0.2) is 53.1 Å². The number of hydrogen-bond donors (Lipinski definition) is 0. The van der Waals surface area contributed by atoms with Crippen LogP contribution in [0.1, 0.15) is 38.1 Å². The number of halogens is 3. The van der Waals surface area contributed by atoms with Gasteiger partial charge in [0.2, 0.25) is 0 Å². The van der Waals surface area contributed by atoms with Gasteiger partial charge in [0.25, 0.3) is 5.91 Å². The average Bonchev–Trinajstić information content (AvgIpc) is 2.48. The lowest BCUT2D eigenvalue weighted by atomic mass is 10.1. The van der Waals surface area contributed by atoms with Gasteiger partial charge in [0.1, 0.15) is 11.4 Å². The SMILES string of the molecule is C[C@@H]1CN(C(=O)OC(C)(C)C)CCN1C(=O)c1cc(I)c(F)cc1Cl. The van der Waals surface area contributed by atoms with Gasteiger partial charge >= 0.3 is 6.09 Å². The van der Waals surface area contributed by atoms with Crippen LogP contribution in [0.15, 0.2) is 12.1 Å². The maximum absolute atomic E-state index is 13.5. The molecular formula is C17H21ClFIN2O3. The highest BCUT2D eigenvalue weighted by molar-refractivity contribution is 14.1. The lowest BCUT2D eigenvalue weighted by Crippen LogP contribution is -2.56. The first kappa shape index (κ1) is 20.2. The lowest BCUT2D eigenvalue weighted by molar-refractivity contribution is 0.00617. The predicted octanol–water partition coefficient (Wildman–Crippen LogP) is 4.17. The summed E-state index contributed by atoms with van der Waals surface area (Å²) in [5, 5.41) is 0.0877. The Labute approximate surface area is 165 Å². The molecule has 0 saturated carbocycles. The largest absolute Gasteiger partial charge is 0.444 e. The molecule has 1 aromatic carbocycles. The predicted molar refractivity (Wildman–Crippen MR) is 102 cm³/mol. The quantitative estimate of drug-likeness (QED) is 0.446. The molecule has 1 fully saturated rings. The Hall–Kier alpha value is -1.09. The zero-order valence-electron chi connectivity index (χ0n) is 14.6. The smallest absolute Gasteiger partial charge is 0.410 e. The van der Waals surface area contributed by atoms with Gasteiger partial charge in [-0.25, -0.2) is 9.18 Å². The number of carbonyl (C=O) groups excluding carboxylic acids is 2. The van der Waals surface area contributed by atoms with Crippen molar-refractivity contribution in [1.82, 2.24) is 9.80 Å². The van der Waals surface area contributed by atoms with Gasteiger partial charge in [-0.15, -0.1) is 0 Å². The Morgan fingerprint density at radius 1 is 1.32 bits per heavy atom. The summed E-state index contributed by atoms with van der Waals surface area (Å²) in [6, 6.07) is 2.40. The second-order valence-corrected chi connectivity index (χ2v) is 8.59. The summed E-state index contributed by atoms with van der Waals surface area (Å²) in [6.07, 6.45) is -0.388. The molecule has 1 saturated heterocycles. The van der Waals surface area contributed by atoms with E-state index in [0.29, 0.717) is 23.2 Å². The minimum absolute atomic E-state index is 0.0877. The molecule has 138 valence electrons. The highest BCUT2D eigenvalue weighted by atomic mass is 127. The molecule has 0 radical (unpaired) electrons. The molecule has 0 aliphatic carbocycles. The summed E-state index contributed by atoms with van der Waals surface area (Å²) in [6.45, 7) is 8.41. The molecule has 0 spiro atoms. The van der Waals surface area contributed by atoms with Crippen LogP contribution in [0.3, 0.4) is 0 Å². The van der Waals surface area contributed by atoms with Gasteiger partial charge in [0.05, 0.1) is 10.6 Å². The molecule has 0 unspecified atom stereocenters. The van der Waals surface area contributed by atoms with E-state index in [4.69, 9.17) is 16.3 Å². The normalized spacial score (nSPS) is 18.3. The second kappa shape index (κ2) is 7.65. The van der Waals surface area contributed by atoms with Crippen molar-refractivity contribution in [3.63, 3.8) is 0 Å². The number of amides is 2. The van der Waals surface area contributed by atoms with Crippen LogP contribution in [0.2, 0.25) is 5.02 Å². The number of piperazine rings is 1. The summed E-state index contributed by atoms with van der Waals surface area (Å²) >= 11 is 7.87. The Kier molecular flexibility index (Phi) is 6.19. The number of rotatable bonds is 1. The van der Waals surface area contributed by atoms with E-state index in [0.717, 1.165) is 6.07 Å². The van der Waals surface area contributed by atoms with Crippen LogP contribution in [0, 0.1) is 9.39 Å². The van der Waals surface area contributed by atoms with Crippen molar-refractivity contribution < 1.29 is 18.7 Å². The molecule has 1 aromatic rings. The van der Waals surface area contributed by atoms with E-state index in [1.54, 1.807) is 9.80 Å². The van der Waals surface area contributed by atoms with Crippen molar-refractivity contribution in [2.75, 3.05) is 19.6 Å². The molecule has 5 nitrogen and oxygen atoms in total. The van der Waals surface area contributed by atoms with Crippen LogP contribution in [0.5, 0.6) is 0 Å². The third-order valence-corrected chi connectivity index (χ3v) is 4.92. The van der Waals surface area contributed by atoms with Crippen molar-refractivity contribution in [3.05, 3.63) is 32.1 Å². The second-order valence-electron chi connectivity index (χ2n) is 7.02. The van der Waals surface area contributed by atoms with E-state index < -0.39 is 11.4 Å². The van der Waals surface area contributed by atoms with E-state index in [1.165, 1.54) is 6.07 Å². The standard InChI is InChI=1S/C17H21ClFIN2O3/c1-10-9-21(16(24)25-17(2,3)4)5-6-22(10)15(23)11-7-14(20)13(19)8-12(11)18/h7-8,10H,5-6,9H2,1-4H3/t10-/m1/s1. The highest BCUT2D eigenvalue weighted by Crippen LogP contribution is 2.25. The average molecular weight is 483 g/mol. The molecule has 0 aromatic heterocycles. The first-order valence-electron chi connectivity index (χ1n) is 7.93. The Morgan fingerprint density at radius 2 is 1.96 bits per heavy atom. The van der Waals surface area contributed by atoms with Crippen molar-refractivity contribution in [3.8, 4) is 0 Å². The van der Waals surface area contributed by atoms with E-state index in [-0.39, 0.29) is 28.6 Å². The topological polar surface area (TPSA) is 49.9 Å². The van der Waals surface area contributed by atoms with E-state index in [1.807, 2.05) is 50.3 Å². The lowest BCUT2D eigenvalue weighted by Gasteiger charge is -2.40. The minimum atomic E-state index is -0.564. The van der Waals surface area contributed by atoms with Crippen LogP contribution in [0.4, 0.5) is 9.18 Å². The first-order valence-corrected chi connectivity index (χ1v) is 9.38. The van der Waals surface area contributed by atoms with Crippen LogP contribution < -0.4 is 0 Å². The molecule has 0 bridgehead atoms. The molecule has 1 aliphatic heterocycles. The molecule has 8 heteroatoms. The molecule has 2 rings (SSSR count). The van der Waals surface area contributed by atoms with E-state index >= 15 is 0 Å². The summed E-state index contributed by atoms with van der Waals surface area (Å²) in [5.74, 6) is -0.718. The number of hydrogen-bond acceptors (Lipinski definition) is 3. The van der Waals surface area contributed by atoms with Gasteiger partial charge in [-0.1, -0.05) is 11.6 Å². The fourth-order valence-corrected chi connectivity index (χ4v) is 3.29. The summed E-state index contributed by atoms with van der Waals surface area (Å²) in [7, 11) is 0. The van der Waals surface area contributed by atoms with Crippen molar-refractivity contribution >= 4 is 46.2 Å². The summed E-state index contributed by atoms with van der Waals surface area (Å²) < 4.78 is 19.3. The molecule has 0 N–H and O–H groups in total. The minimum Gasteiger partial charge on any atom is -0.444 e. The zero-order valence-corrected chi connectivity index (χ0v) is 17.5. The number of nitrogens with zero attached hydrogens (tertiary/aromatic N) is 2. The maximum Gasteiger partial charge on any atom is 0.410 e. The van der Waals surface area contributed by atoms with Crippen molar-refractivity contribution in [2.45, 2.75) is 39.3 Å². The monoisotopic (exact) mass is 482 g/mol. The Morgan fingerprint density at radius 3 is 2.52 bits per heavy atom.